The summed E-state index contributed by atoms with van der Waals surface area (Å²) in [5.74, 6) is 0. The topological polar surface area (TPSA) is 24.1 Å². The number of rotatable bonds is 2. The van der Waals surface area contributed by atoms with Gasteiger partial charge in [0.15, 0.2) is 0 Å². The lowest BCUT2D eigenvalue weighted by Crippen LogP contribution is -2.31. The number of nitrogens with one attached hydrogen (secondary N) is 2. The van der Waals surface area contributed by atoms with Gasteiger partial charge < -0.3 is 10.6 Å². The Bertz CT molecular complexity index is 98.7. The molecule has 2 N–H and O–H groups in total. The predicted molar refractivity (Wildman–Crippen MR) is 46.7 cm³/mol. The molecule has 64 valence electrons. The number of hydrogen-bond acceptors (Lipinski definition) is 2. The third-order valence-corrected chi connectivity index (χ3v) is 2.89. The van der Waals surface area contributed by atoms with Crippen molar-refractivity contribution in [2.75, 3.05) is 13.1 Å². The van der Waals surface area contributed by atoms with Crippen LogP contribution in [0, 0.1) is 0 Å². The molecule has 0 radical (unpaired) electrons. The Kier molecular flexibility index (Phi) is 2.44. The first-order chi connectivity index (χ1) is 5.45. The van der Waals surface area contributed by atoms with Gasteiger partial charge >= 0.3 is 0 Å². The van der Waals surface area contributed by atoms with E-state index < -0.39 is 0 Å². The van der Waals surface area contributed by atoms with Crippen LogP contribution in [0.2, 0.25) is 0 Å². The third-order valence-electron chi connectivity index (χ3n) is 2.89. The van der Waals surface area contributed by atoms with E-state index >= 15 is 0 Å². The first-order valence-corrected chi connectivity index (χ1v) is 4.92. The van der Waals surface area contributed by atoms with Crippen molar-refractivity contribution in [1.29, 1.82) is 0 Å². The van der Waals surface area contributed by atoms with Crippen molar-refractivity contribution >= 4 is 0 Å². The second-order valence-corrected chi connectivity index (χ2v) is 3.82. The molecule has 2 heterocycles. The van der Waals surface area contributed by atoms with Crippen LogP contribution >= 0.6 is 0 Å². The summed E-state index contributed by atoms with van der Waals surface area (Å²) >= 11 is 0. The molecule has 2 rings (SSSR count). The standard InChI is InChI=1S/C9H18N2/c1-3-8(10-5-1)7-9-4-2-6-11-9/h8-11H,1-7H2/t8-,9?/m1/s1. The first kappa shape index (κ1) is 7.56. The van der Waals surface area contributed by atoms with Gasteiger partial charge in [-0.3, -0.25) is 0 Å². The van der Waals surface area contributed by atoms with Gasteiger partial charge in [-0.1, -0.05) is 0 Å². The van der Waals surface area contributed by atoms with Crippen molar-refractivity contribution < 1.29 is 0 Å². The Labute approximate surface area is 68.7 Å². The summed E-state index contributed by atoms with van der Waals surface area (Å²) in [6.45, 7) is 2.49. The normalized spacial score (nSPS) is 38.2. The fraction of sp³-hybridized carbons (Fsp3) is 1.00. The van der Waals surface area contributed by atoms with E-state index in [9.17, 15) is 0 Å². The predicted octanol–water partition coefficient (Wildman–Crippen LogP) is 0.881. The molecular formula is C9H18N2. The molecule has 0 saturated carbocycles. The van der Waals surface area contributed by atoms with E-state index in [1.807, 2.05) is 0 Å². The molecule has 11 heavy (non-hydrogen) atoms. The highest BCUT2D eigenvalue weighted by atomic mass is 15.0. The van der Waals surface area contributed by atoms with Gasteiger partial charge in [0.1, 0.15) is 0 Å². The lowest BCUT2D eigenvalue weighted by molar-refractivity contribution is 0.460. The van der Waals surface area contributed by atoms with Crippen LogP contribution < -0.4 is 10.6 Å². The molecule has 0 amide bonds. The van der Waals surface area contributed by atoms with Gasteiger partial charge in [-0.2, -0.15) is 0 Å². The Hall–Kier alpha value is -0.0800. The van der Waals surface area contributed by atoms with Gasteiger partial charge in [0.05, 0.1) is 0 Å². The van der Waals surface area contributed by atoms with Crippen LogP contribution in [0.15, 0.2) is 0 Å². The monoisotopic (exact) mass is 154 g/mol. The van der Waals surface area contributed by atoms with Crippen LogP contribution in [0.3, 0.4) is 0 Å². The molecule has 2 atom stereocenters. The molecule has 0 bridgehead atoms. The molecule has 0 aromatic rings. The van der Waals surface area contributed by atoms with Crippen molar-refractivity contribution in [1.82, 2.24) is 10.6 Å². The summed E-state index contributed by atoms with van der Waals surface area (Å²) in [4.78, 5) is 0. The van der Waals surface area contributed by atoms with E-state index in [1.165, 1.54) is 45.2 Å². The molecule has 2 fully saturated rings. The zero-order valence-corrected chi connectivity index (χ0v) is 7.10. The van der Waals surface area contributed by atoms with Crippen LogP contribution in [0.1, 0.15) is 32.1 Å². The highest BCUT2D eigenvalue weighted by Gasteiger charge is 2.21. The minimum atomic E-state index is 0.825. The van der Waals surface area contributed by atoms with Crippen molar-refractivity contribution in [3.8, 4) is 0 Å². The van der Waals surface area contributed by atoms with Crippen molar-refractivity contribution in [3.63, 3.8) is 0 Å². The Morgan fingerprint density at radius 1 is 0.909 bits per heavy atom. The van der Waals surface area contributed by atoms with E-state index in [-0.39, 0.29) is 0 Å². The van der Waals surface area contributed by atoms with Crippen molar-refractivity contribution in [2.45, 2.75) is 44.2 Å². The minimum absolute atomic E-state index is 0.825. The molecule has 2 heteroatoms. The zero-order valence-electron chi connectivity index (χ0n) is 7.10. The summed E-state index contributed by atoms with van der Waals surface area (Å²) < 4.78 is 0. The molecular weight excluding hydrogens is 136 g/mol. The molecule has 0 aromatic heterocycles. The maximum atomic E-state index is 3.54. The van der Waals surface area contributed by atoms with E-state index in [1.54, 1.807) is 0 Å². The second-order valence-electron chi connectivity index (χ2n) is 3.82. The van der Waals surface area contributed by atoms with Crippen LogP contribution in [0.25, 0.3) is 0 Å². The van der Waals surface area contributed by atoms with Crippen molar-refractivity contribution in [2.24, 2.45) is 0 Å². The van der Waals surface area contributed by atoms with Gasteiger partial charge in [-0.15, -0.1) is 0 Å². The van der Waals surface area contributed by atoms with E-state index in [4.69, 9.17) is 0 Å². The lowest BCUT2D eigenvalue weighted by Gasteiger charge is -2.15. The van der Waals surface area contributed by atoms with Gasteiger partial charge in [-0.25, -0.2) is 0 Å². The highest BCUT2D eigenvalue weighted by molar-refractivity contribution is 4.83. The van der Waals surface area contributed by atoms with Crippen LogP contribution in [0.5, 0.6) is 0 Å². The van der Waals surface area contributed by atoms with E-state index in [2.05, 4.69) is 10.6 Å². The molecule has 0 aromatic carbocycles. The first-order valence-electron chi connectivity index (χ1n) is 4.92. The lowest BCUT2D eigenvalue weighted by atomic mass is 10.0. The highest BCUT2D eigenvalue weighted by Crippen LogP contribution is 2.16. The number of hydrogen-bond donors (Lipinski definition) is 2. The maximum absolute atomic E-state index is 3.54. The van der Waals surface area contributed by atoms with Crippen LogP contribution in [-0.4, -0.2) is 25.2 Å². The average molecular weight is 154 g/mol. The van der Waals surface area contributed by atoms with Crippen LogP contribution in [-0.2, 0) is 0 Å². The fourth-order valence-corrected chi connectivity index (χ4v) is 2.26. The molecule has 0 spiro atoms. The van der Waals surface area contributed by atoms with Crippen molar-refractivity contribution in [3.05, 3.63) is 0 Å². The average Bonchev–Trinajstić information content (AvgIpc) is 2.60. The Balaban J connectivity index is 1.71. The molecule has 2 nitrogen and oxygen atoms in total. The molecule has 0 aliphatic carbocycles. The smallest absolute Gasteiger partial charge is 0.00823 e. The van der Waals surface area contributed by atoms with E-state index in [0.29, 0.717) is 0 Å². The Morgan fingerprint density at radius 3 is 1.82 bits per heavy atom. The van der Waals surface area contributed by atoms with Crippen LogP contribution in [0.4, 0.5) is 0 Å². The molecule has 1 unspecified atom stereocenters. The molecule has 2 aliphatic rings. The zero-order chi connectivity index (χ0) is 7.52. The fourth-order valence-electron chi connectivity index (χ4n) is 2.26. The van der Waals surface area contributed by atoms with Gasteiger partial charge in [0.25, 0.3) is 0 Å². The SMILES string of the molecule is C1CNC(C[C@H]2CCCN2)C1. The largest absolute Gasteiger partial charge is 0.314 e. The summed E-state index contributed by atoms with van der Waals surface area (Å²) in [7, 11) is 0. The molecule has 2 saturated heterocycles. The third kappa shape index (κ3) is 1.94. The minimum Gasteiger partial charge on any atom is -0.314 e. The second kappa shape index (κ2) is 3.55. The summed E-state index contributed by atoms with van der Waals surface area (Å²) in [6.07, 6.45) is 6.94. The van der Waals surface area contributed by atoms with Gasteiger partial charge in [0.2, 0.25) is 0 Å². The van der Waals surface area contributed by atoms with E-state index in [0.717, 1.165) is 12.1 Å². The maximum Gasteiger partial charge on any atom is 0.00823 e. The Morgan fingerprint density at radius 2 is 1.45 bits per heavy atom. The summed E-state index contributed by atoms with van der Waals surface area (Å²) in [5.41, 5.74) is 0. The quantitative estimate of drug-likeness (QED) is 0.617. The van der Waals surface area contributed by atoms with Gasteiger partial charge in [0, 0.05) is 12.1 Å². The summed E-state index contributed by atoms with van der Waals surface area (Å²) in [6, 6.07) is 1.65. The summed E-state index contributed by atoms with van der Waals surface area (Å²) in [5, 5.41) is 7.09. The van der Waals surface area contributed by atoms with Gasteiger partial charge in [-0.05, 0) is 45.2 Å². The molecule has 2 aliphatic heterocycles.